The van der Waals surface area contributed by atoms with Gasteiger partial charge in [-0.3, -0.25) is 0 Å². The Labute approximate surface area is 123 Å². The van der Waals surface area contributed by atoms with Crippen LogP contribution in [0.1, 0.15) is 40.4 Å². The molecule has 1 aliphatic rings. The van der Waals surface area contributed by atoms with E-state index in [1.54, 1.807) is 0 Å². The first-order chi connectivity index (χ1) is 10.1. The quantitative estimate of drug-likeness (QED) is 0.504. The molecule has 4 nitrogen and oxygen atoms in total. The highest BCUT2D eigenvalue weighted by atomic mass is 16.5. The van der Waals surface area contributed by atoms with E-state index in [9.17, 15) is 9.90 Å². The van der Waals surface area contributed by atoms with Gasteiger partial charge in [0.05, 0.1) is 11.3 Å². The summed E-state index contributed by atoms with van der Waals surface area (Å²) >= 11 is 0. The Bertz CT molecular complexity index is 681. The highest BCUT2D eigenvalue weighted by Crippen LogP contribution is 2.33. The van der Waals surface area contributed by atoms with Crippen molar-refractivity contribution in [3.63, 3.8) is 0 Å². The van der Waals surface area contributed by atoms with E-state index in [4.69, 9.17) is 10.5 Å². The van der Waals surface area contributed by atoms with Crippen molar-refractivity contribution in [2.24, 2.45) is 0 Å². The van der Waals surface area contributed by atoms with Crippen molar-refractivity contribution >= 4 is 11.7 Å². The lowest BCUT2D eigenvalue weighted by molar-refractivity contribution is 0.0256. The van der Waals surface area contributed by atoms with Gasteiger partial charge in [-0.1, -0.05) is 24.3 Å². The second kappa shape index (κ2) is 5.48. The minimum Gasteiger partial charge on any atom is -0.506 e. The lowest BCUT2D eigenvalue weighted by Crippen LogP contribution is -2.17. The number of hydrogen-bond donors (Lipinski definition) is 2. The van der Waals surface area contributed by atoms with Crippen molar-refractivity contribution in [2.75, 3.05) is 5.73 Å². The third kappa shape index (κ3) is 2.70. The van der Waals surface area contributed by atoms with Crippen LogP contribution < -0.4 is 5.73 Å². The average molecular weight is 283 g/mol. The van der Waals surface area contributed by atoms with Crippen LogP contribution in [0.5, 0.6) is 5.75 Å². The van der Waals surface area contributed by atoms with Gasteiger partial charge >= 0.3 is 5.97 Å². The molecule has 0 amide bonds. The Kier molecular flexibility index (Phi) is 3.52. The molecule has 0 saturated carbocycles. The van der Waals surface area contributed by atoms with Crippen molar-refractivity contribution in [2.45, 2.75) is 25.4 Å². The van der Waals surface area contributed by atoms with E-state index in [0.29, 0.717) is 5.56 Å². The minimum absolute atomic E-state index is 0.0328. The Morgan fingerprint density at radius 1 is 1.24 bits per heavy atom. The number of nitrogens with two attached hydrogens (primary N) is 1. The number of rotatable bonds is 2. The summed E-state index contributed by atoms with van der Waals surface area (Å²) in [6.45, 7) is 0. The zero-order chi connectivity index (χ0) is 14.8. The van der Waals surface area contributed by atoms with Gasteiger partial charge in [-0.25, -0.2) is 4.79 Å². The molecule has 0 aliphatic heterocycles. The van der Waals surface area contributed by atoms with Crippen LogP contribution in [0.25, 0.3) is 0 Å². The van der Waals surface area contributed by atoms with Crippen LogP contribution in [-0.2, 0) is 11.2 Å². The van der Waals surface area contributed by atoms with Crippen LogP contribution in [0.3, 0.4) is 0 Å². The maximum atomic E-state index is 12.2. The van der Waals surface area contributed by atoms with Crippen molar-refractivity contribution in [3.8, 4) is 5.75 Å². The highest BCUT2D eigenvalue weighted by molar-refractivity contribution is 5.91. The SMILES string of the molecule is Nc1cc(C(=O)OC2CCCc3ccccc32)ccc1O. The zero-order valence-corrected chi connectivity index (χ0v) is 11.6. The van der Waals surface area contributed by atoms with E-state index in [1.807, 2.05) is 18.2 Å². The maximum absolute atomic E-state index is 12.2. The lowest BCUT2D eigenvalue weighted by atomic mass is 9.89. The molecule has 0 spiro atoms. The Balaban J connectivity index is 1.81. The fourth-order valence-corrected chi connectivity index (χ4v) is 2.71. The molecular formula is C17H17NO3. The molecule has 0 fully saturated rings. The number of hydrogen-bond acceptors (Lipinski definition) is 4. The van der Waals surface area contributed by atoms with E-state index >= 15 is 0 Å². The van der Waals surface area contributed by atoms with E-state index < -0.39 is 5.97 Å². The third-order valence-electron chi connectivity index (χ3n) is 3.83. The van der Waals surface area contributed by atoms with Gasteiger partial charge in [0.15, 0.2) is 0 Å². The number of ether oxygens (including phenoxy) is 1. The molecule has 1 unspecified atom stereocenters. The Hall–Kier alpha value is -2.49. The number of aryl methyl sites for hydroxylation is 1. The molecule has 3 rings (SSSR count). The molecule has 1 atom stereocenters. The summed E-state index contributed by atoms with van der Waals surface area (Å²) in [4.78, 5) is 12.2. The predicted octanol–water partition coefficient (Wildman–Crippen LogP) is 3.21. The molecule has 4 heteroatoms. The predicted molar refractivity (Wildman–Crippen MR) is 80.1 cm³/mol. The van der Waals surface area contributed by atoms with Gasteiger partial charge in [-0.15, -0.1) is 0 Å². The maximum Gasteiger partial charge on any atom is 0.338 e. The van der Waals surface area contributed by atoms with E-state index in [1.165, 1.54) is 23.8 Å². The second-order valence-electron chi connectivity index (χ2n) is 5.26. The Morgan fingerprint density at radius 3 is 2.86 bits per heavy atom. The molecule has 108 valence electrons. The largest absolute Gasteiger partial charge is 0.506 e. The van der Waals surface area contributed by atoms with Crippen molar-refractivity contribution in [1.29, 1.82) is 0 Å². The highest BCUT2D eigenvalue weighted by Gasteiger charge is 2.24. The molecule has 0 aromatic heterocycles. The van der Waals surface area contributed by atoms with Crippen LogP contribution in [0.15, 0.2) is 42.5 Å². The van der Waals surface area contributed by atoms with Gasteiger partial charge in [0, 0.05) is 0 Å². The van der Waals surface area contributed by atoms with Crippen LogP contribution in [0, 0.1) is 0 Å². The smallest absolute Gasteiger partial charge is 0.338 e. The lowest BCUT2D eigenvalue weighted by Gasteiger charge is -2.25. The number of carbonyl (C=O) groups excluding carboxylic acids is 1. The molecule has 21 heavy (non-hydrogen) atoms. The standard InChI is InChI=1S/C17H17NO3/c18-14-10-12(8-9-15(14)19)17(20)21-16-7-3-5-11-4-1-2-6-13(11)16/h1-2,4,6,8-10,16,19H,3,5,7,18H2. The number of carbonyl (C=O) groups is 1. The van der Waals surface area contributed by atoms with Crippen molar-refractivity contribution in [3.05, 3.63) is 59.2 Å². The van der Waals surface area contributed by atoms with Crippen molar-refractivity contribution in [1.82, 2.24) is 0 Å². The molecule has 0 heterocycles. The molecule has 2 aromatic rings. The Morgan fingerprint density at radius 2 is 2.05 bits per heavy atom. The summed E-state index contributed by atoms with van der Waals surface area (Å²) in [5.74, 6) is -0.446. The number of phenols is 1. The van der Waals surface area contributed by atoms with Crippen LogP contribution in [0.4, 0.5) is 5.69 Å². The van der Waals surface area contributed by atoms with Gasteiger partial charge in [0.2, 0.25) is 0 Å². The number of aromatic hydroxyl groups is 1. The fraction of sp³-hybridized carbons (Fsp3) is 0.235. The summed E-state index contributed by atoms with van der Waals surface area (Å²) < 4.78 is 5.62. The molecule has 0 radical (unpaired) electrons. The minimum atomic E-state index is -0.414. The first-order valence-corrected chi connectivity index (χ1v) is 7.02. The molecular weight excluding hydrogens is 266 g/mol. The third-order valence-corrected chi connectivity index (χ3v) is 3.83. The summed E-state index contributed by atoms with van der Waals surface area (Å²) in [5.41, 5.74) is 8.47. The number of benzene rings is 2. The summed E-state index contributed by atoms with van der Waals surface area (Å²) in [7, 11) is 0. The summed E-state index contributed by atoms with van der Waals surface area (Å²) in [6, 6.07) is 12.4. The number of anilines is 1. The number of phenolic OH excluding ortho intramolecular Hbond substituents is 1. The van der Waals surface area contributed by atoms with Crippen LogP contribution in [-0.4, -0.2) is 11.1 Å². The average Bonchev–Trinajstić information content (AvgIpc) is 2.50. The zero-order valence-electron chi connectivity index (χ0n) is 11.6. The van der Waals surface area contributed by atoms with Gasteiger partial charge in [0.1, 0.15) is 11.9 Å². The first-order valence-electron chi connectivity index (χ1n) is 7.02. The number of esters is 1. The van der Waals surface area contributed by atoms with Gasteiger partial charge in [0.25, 0.3) is 0 Å². The molecule has 3 N–H and O–H groups in total. The topological polar surface area (TPSA) is 72.6 Å². The second-order valence-corrected chi connectivity index (χ2v) is 5.26. The summed E-state index contributed by atoms with van der Waals surface area (Å²) in [5, 5.41) is 9.40. The van der Waals surface area contributed by atoms with E-state index in [-0.39, 0.29) is 17.5 Å². The van der Waals surface area contributed by atoms with Crippen LogP contribution >= 0.6 is 0 Å². The number of nitrogen functional groups attached to an aromatic ring is 1. The molecule has 0 bridgehead atoms. The van der Waals surface area contributed by atoms with E-state index in [2.05, 4.69) is 6.07 Å². The van der Waals surface area contributed by atoms with Crippen LogP contribution in [0.2, 0.25) is 0 Å². The normalized spacial score (nSPS) is 17.0. The first kappa shape index (κ1) is 13.5. The van der Waals surface area contributed by atoms with Crippen molar-refractivity contribution < 1.29 is 14.6 Å². The summed E-state index contributed by atoms with van der Waals surface area (Å²) in [6.07, 6.45) is 2.65. The molecule has 1 aliphatic carbocycles. The fourth-order valence-electron chi connectivity index (χ4n) is 2.71. The number of fused-ring (bicyclic) bond motifs is 1. The van der Waals surface area contributed by atoms with Gasteiger partial charge in [-0.2, -0.15) is 0 Å². The van der Waals surface area contributed by atoms with E-state index in [0.717, 1.165) is 24.8 Å². The molecule has 0 saturated heterocycles. The van der Waals surface area contributed by atoms with Gasteiger partial charge in [-0.05, 0) is 48.6 Å². The molecule has 2 aromatic carbocycles. The van der Waals surface area contributed by atoms with Gasteiger partial charge < -0.3 is 15.6 Å². The monoisotopic (exact) mass is 283 g/mol.